The molecular weight excluding hydrogens is 204 g/mol. The van der Waals surface area contributed by atoms with Gasteiger partial charge in [0.25, 0.3) is 0 Å². The summed E-state index contributed by atoms with van der Waals surface area (Å²) in [6, 6.07) is 10.1. The van der Waals surface area contributed by atoms with Gasteiger partial charge in [-0.15, -0.1) is 0 Å². The molecule has 2 heterocycles. The minimum Gasteiger partial charge on any atom is -0.459 e. The van der Waals surface area contributed by atoms with Gasteiger partial charge in [0, 0.05) is 5.92 Å². The molecule has 2 aliphatic rings. The fourth-order valence-electron chi connectivity index (χ4n) is 2.75. The standard InChI is InChI=1S/C13H14O3/c1-8-12(9-5-3-2-4-6-9)13-10(15-8)7-11(14)16-13/h2-6,8,10,12-13H,7H2,1H3/t8?,10-,12+,13+/m0/s1. The first kappa shape index (κ1) is 9.85. The second-order valence-corrected chi connectivity index (χ2v) is 4.47. The normalized spacial score (nSPS) is 37.2. The van der Waals surface area contributed by atoms with Crippen LogP contribution in [0, 0.1) is 0 Å². The van der Waals surface area contributed by atoms with E-state index in [-0.39, 0.29) is 30.2 Å². The highest BCUT2D eigenvalue weighted by Gasteiger charge is 2.50. The summed E-state index contributed by atoms with van der Waals surface area (Å²) >= 11 is 0. The van der Waals surface area contributed by atoms with Gasteiger partial charge in [-0.3, -0.25) is 4.79 Å². The van der Waals surface area contributed by atoms with Gasteiger partial charge >= 0.3 is 5.97 Å². The molecule has 1 unspecified atom stereocenters. The minimum atomic E-state index is -0.136. The Labute approximate surface area is 94.4 Å². The van der Waals surface area contributed by atoms with E-state index < -0.39 is 0 Å². The maximum atomic E-state index is 11.2. The van der Waals surface area contributed by atoms with E-state index in [2.05, 4.69) is 12.1 Å². The lowest BCUT2D eigenvalue weighted by Crippen LogP contribution is -2.23. The van der Waals surface area contributed by atoms with Crippen LogP contribution < -0.4 is 0 Å². The number of carbonyl (C=O) groups excluding carboxylic acids is 1. The third-order valence-electron chi connectivity index (χ3n) is 3.44. The fourth-order valence-corrected chi connectivity index (χ4v) is 2.75. The highest BCUT2D eigenvalue weighted by molar-refractivity contribution is 5.73. The van der Waals surface area contributed by atoms with Gasteiger partial charge < -0.3 is 9.47 Å². The second kappa shape index (κ2) is 3.59. The molecule has 3 heteroatoms. The summed E-state index contributed by atoms with van der Waals surface area (Å²) in [7, 11) is 0. The summed E-state index contributed by atoms with van der Waals surface area (Å²) in [6.07, 6.45) is 0.376. The van der Waals surface area contributed by atoms with E-state index in [0.29, 0.717) is 6.42 Å². The Balaban J connectivity index is 1.92. The van der Waals surface area contributed by atoms with E-state index in [1.165, 1.54) is 5.56 Å². The summed E-state index contributed by atoms with van der Waals surface area (Å²) in [5.74, 6) is 0.0421. The summed E-state index contributed by atoms with van der Waals surface area (Å²) in [4.78, 5) is 11.2. The lowest BCUT2D eigenvalue weighted by molar-refractivity contribution is -0.142. The molecule has 0 amide bonds. The molecular formula is C13H14O3. The van der Waals surface area contributed by atoms with E-state index in [1.54, 1.807) is 0 Å². The maximum Gasteiger partial charge on any atom is 0.308 e. The molecule has 0 aromatic heterocycles. The van der Waals surface area contributed by atoms with Crippen molar-refractivity contribution in [3.05, 3.63) is 35.9 Å². The van der Waals surface area contributed by atoms with Crippen LogP contribution in [0.15, 0.2) is 30.3 Å². The lowest BCUT2D eigenvalue weighted by atomic mass is 9.89. The van der Waals surface area contributed by atoms with Crippen LogP contribution in [0.3, 0.4) is 0 Å². The van der Waals surface area contributed by atoms with Crippen molar-refractivity contribution in [2.24, 2.45) is 0 Å². The van der Waals surface area contributed by atoms with Crippen LogP contribution in [-0.2, 0) is 14.3 Å². The van der Waals surface area contributed by atoms with E-state index in [9.17, 15) is 4.79 Å². The van der Waals surface area contributed by atoms with E-state index >= 15 is 0 Å². The van der Waals surface area contributed by atoms with Crippen molar-refractivity contribution in [1.29, 1.82) is 0 Å². The van der Waals surface area contributed by atoms with Crippen LogP contribution in [0.4, 0.5) is 0 Å². The Bertz CT molecular complexity index is 401. The number of benzene rings is 1. The average molecular weight is 218 g/mol. The van der Waals surface area contributed by atoms with Crippen molar-refractivity contribution in [2.75, 3.05) is 0 Å². The first-order chi connectivity index (χ1) is 7.75. The highest BCUT2D eigenvalue weighted by atomic mass is 16.6. The van der Waals surface area contributed by atoms with Crippen LogP contribution in [0.2, 0.25) is 0 Å². The van der Waals surface area contributed by atoms with Gasteiger partial charge in [0.05, 0.1) is 12.5 Å². The lowest BCUT2D eigenvalue weighted by Gasteiger charge is -2.19. The van der Waals surface area contributed by atoms with Gasteiger partial charge in [-0.05, 0) is 12.5 Å². The van der Waals surface area contributed by atoms with Gasteiger partial charge in [0.1, 0.15) is 12.2 Å². The summed E-state index contributed by atoms with van der Waals surface area (Å²) in [6.45, 7) is 2.05. The van der Waals surface area contributed by atoms with Crippen LogP contribution in [0.1, 0.15) is 24.8 Å². The number of rotatable bonds is 1. The fraction of sp³-hybridized carbons (Fsp3) is 0.462. The van der Waals surface area contributed by atoms with Gasteiger partial charge in [-0.25, -0.2) is 0 Å². The van der Waals surface area contributed by atoms with Crippen molar-refractivity contribution in [3.63, 3.8) is 0 Å². The number of carbonyl (C=O) groups is 1. The third kappa shape index (κ3) is 1.43. The molecule has 1 aromatic rings. The van der Waals surface area contributed by atoms with Gasteiger partial charge in [0.2, 0.25) is 0 Å². The van der Waals surface area contributed by atoms with Crippen LogP contribution in [0.25, 0.3) is 0 Å². The molecule has 0 saturated carbocycles. The average Bonchev–Trinajstić information content (AvgIpc) is 2.74. The first-order valence-corrected chi connectivity index (χ1v) is 5.65. The highest BCUT2D eigenvalue weighted by Crippen LogP contribution is 2.41. The number of esters is 1. The predicted octanol–water partition coefficient (Wildman–Crippen LogP) is 1.87. The van der Waals surface area contributed by atoms with Crippen LogP contribution in [-0.4, -0.2) is 24.3 Å². The van der Waals surface area contributed by atoms with Crippen molar-refractivity contribution in [3.8, 4) is 0 Å². The molecule has 3 rings (SSSR count). The molecule has 2 aliphatic heterocycles. The summed E-state index contributed by atoms with van der Waals surface area (Å²) < 4.78 is 11.1. The smallest absolute Gasteiger partial charge is 0.308 e. The largest absolute Gasteiger partial charge is 0.459 e. The monoisotopic (exact) mass is 218 g/mol. The second-order valence-electron chi connectivity index (χ2n) is 4.47. The predicted molar refractivity (Wildman–Crippen MR) is 58.0 cm³/mol. The maximum absolute atomic E-state index is 11.2. The number of ether oxygens (including phenoxy) is 2. The molecule has 16 heavy (non-hydrogen) atoms. The molecule has 2 fully saturated rings. The molecule has 0 bridgehead atoms. The number of hydrogen-bond acceptors (Lipinski definition) is 3. The molecule has 0 aliphatic carbocycles. The molecule has 0 radical (unpaired) electrons. The van der Waals surface area contributed by atoms with Gasteiger partial charge in [0.15, 0.2) is 0 Å². The van der Waals surface area contributed by atoms with E-state index in [0.717, 1.165) is 0 Å². The molecule has 0 spiro atoms. The Morgan fingerprint density at radius 2 is 2.00 bits per heavy atom. The van der Waals surface area contributed by atoms with Gasteiger partial charge in [-0.1, -0.05) is 30.3 Å². The first-order valence-electron chi connectivity index (χ1n) is 5.65. The van der Waals surface area contributed by atoms with E-state index in [4.69, 9.17) is 9.47 Å². The van der Waals surface area contributed by atoms with Crippen LogP contribution >= 0.6 is 0 Å². The Hall–Kier alpha value is -1.35. The van der Waals surface area contributed by atoms with Crippen LogP contribution in [0.5, 0.6) is 0 Å². The zero-order valence-electron chi connectivity index (χ0n) is 9.13. The Morgan fingerprint density at radius 1 is 1.25 bits per heavy atom. The molecule has 3 nitrogen and oxygen atoms in total. The Morgan fingerprint density at radius 3 is 2.75 bits per heavy atom. The quantitative estimate of drug-likeness (QED) is 0.675. The SMILES string of the molecule is CC1O[C@H]2CC(=O)O[C@H]2[C@H]1c1ccccc1. The number of hydrogen-bond donors (Lipinski definition) is 0. The summed E-state index contributed by atoms with van der Waals surface area (Å²) in [5.41, 5.74) is 1.19. The van der Waals surface area contributed by atoms with Crippen molar-refractivity contribution < 1.29 is 14.3 Å². The van der Waals surface area contributed by atoms with Gasteiger partial charge in [-0.2, -0.15) is 0 Å². The minimum absolute atomic E-state index is 0.0484. The third-order valence-corrected chi connectivity index (χ3v) is 3.44. The molecule has 84 valence electrons. The molecule has 0 N–H and O–H groups in total. The zero-order valence-corrected chi connectivity index (χ0v) is 9.13. The summed E-state index contributed by atoms with van der Waals surface area (Å²) in [5, 5.41) is 0. The van der Waals surface area contributed by atoms with Crippen molar-refractivity contribution in [1.82, 2.24) is 0 Å². The molecule has 2 saturated heterocycles. The van der Waals surface area contributed by atoms with E-state index in [1.807, 2.05) is 25.1 Å². The van der Waals surface area contributed by atoms with Crippen molar-refractivity contribution >= 4 is 5.97 Å². The Kier molecular flexibility index (Phi) is 2.21. The molecule has 4 atom stereocenters. The van der Waals surface area contributed by atoms with Crippen molar-refractivity contribution in [2.45, 2.75) is 37.6 Å². The topological polar surface area (TPSA) is 35.5 Å². The number of fused-ring (bicyclic) bond motifs is 1. The zero-order chi connectivity index (χ0) is 11.1. The molecule has 1 aromatic carbocycles.